The van der Waals surface area contributed by atoms with Gasteiger partial charge in [0.1, 0.15) is 6.26 Å². The van der Waals surface area contributed by atoms with Crippen LogP contribution in [0.2, 0.25) is 0 Å². The van der Waals surface area contributed by atoms with Crippen LogP contribution in [0.4, 0.5) is 0 Å². The van der Waals surface area contributed by atoms with Gasteiger partial charge < -0.3 is 20.0 Å². The number of carbonyl (C=O) groups excluding carboxylic acids is 1. The van der Waals surface area contributed by atoms with E-state index in [0.717, 1.165) is 48.3 Å². The molecule has 7 heteroatoms. The van der Waals surface area contributed by atoms with Crippen molar-refractivity contribution in [3.63, 3.8) is 0 Å². The summed E-state index contributed by atoms with van der Waals surface area (Å²) in [6.45, 7) is 4.88. The van der Waals surface area contributed by atoms with E-state index in [2.05, 4.69) is 27.5 Å². The van der Waals surface area contributed by atoms with Crippen LogP contribution in [0.1, 0.15) is 46.4 Å². The molecule has 1 amide bonds. The van der Waals surface area contributed by atoms with Crippen LogP contribution in [0.5, 0.6) is 0 Å². The van der Waals surface area contributed by atoms with E-state index >= 15 is 0 Å². The molecule has 2 heterocycles. The fourth-order valence-corrected chi connectivity index (χ4v) is 3.84. The number of piperidine rings is 1. The third-order valence-electron chi connectivity index (χ3n) is 5.81. The van der Waals surface area contributed by atoms with Gasteiger partial charge in [-0.1, -0.05) is 29.8 Å². The number of oxazole rings is 1. The van der Waals surface area contributed by atoms with Crippen LogP contribution in [-0.4, -0.2) is 41.9 Å². The standard InChI is InChI=1S/C26H31N5O2/c1-19-6-10-21(11-7-19)24-30-23(18-33-24)17-29-26(27-2)28-16-20-8-12-22(13-9-20)25(32)31-14-4-3-5-15-31/h6-13,18H,3-5,14-17H2,1-2H3,(H2,27,28,29). The number of likely N-dealkylation sites (tertiary alicyclic amines) is 1. The molecule has 0 saturated carbocycles. The second kappa shape index (κ2) is 10.8. The number of nitrogens with one attached hydrogen (secondary N) is 2. The Morgan fingerprint density at radius 2 is 1.70 bits per heavy atom. The first-order valence-electron chi connectivity index (χ1n) is 11.5. The van der Waals surface area contributed by atoms with Gasteiger partial charge in [0, 0.05) is 37.8 Å². The highest BCUT2D eigenvalue weighted by Gasteiger charge is 2.17. The van der Waals surface area contributed by atoms with Crippen LogP contribution in [0.25, 0.3) is 11.5 Å². The molecule has 4 rings (SSSR count). The number of hydrogen-bond donors (Lipinski definition) is 2. The normalized spacial score (nSPS) is 14.2. The highest BCUT2D eigenvalue weighted by atomic mass is 16.3. The Morgan fingerprint density at radius 3 is 2.39 bits per heavy atom. The lowest BCUT2D eigenvalue weighted by Gasteiger charge is -2.26. The van der Waals surface area contributed by atoms with E-state index in [1.807, 2.05) is 53.4 Å². The molecule has 0 radical (unpaired) electrons. The van der Waals surface area contributed by atoms with Crippen molar-refractivity contribution in [1.29, 1.82) is 0 Å². The maximum atomic E-state index is 12.6. The molecule has 0 unspecified atom stereocenters. The van der Waals surface area contributed by atoms with E-state index in [0.29, 0.717) is 24.9 Å². The van der Waals surface area contributed by atoms with Gasteiger partial charge in [-0.05, 0) is 56.0 Å². The SMILES string of the molecule is CN=C(NCc1ccc(C(=O)N2CCCCC2)cc1)NCc1coc(-c2ccc(C)cc2)n1. The number of carbonyl (C=O) groups is 1. The highest BCUT2D eigenvalue weighted by molar-refractivity contribution is 5.94. The summed E-state index contributed by atoms with van der Waals surface area (Å²) in [5.41, 5.74) is 4.78. The fraction of sp³-hybridized carbons (Fsp3) is 0.346. The summed E-state index contributed by atoms with van der Waals surface area (Å²) in [5, 5.41) is 6.56. The third-order valence-corrected chi connectivity index (χ3v) is 5.81. The minimum Gasteiger partial charge on any atom is -0.444 e. The van der Waals surface area contributed by atoms with Gasteiger partial charge in [0.05, 0.1) is 12.2 Å². The van der Waals surface area contributed by atoms with Gasteiger partial charge in [0.2, 0.25) is 5.89 Å². The minimum atomic E-state index is 0.129. The molecule has 1 fully saturated rings. The molecule has 1 aliphatic heterocycles. The molecule has 33 heavy (non-hydrogen) atoms. The highest BCUT2D eigenvalue weighted by Crippen LogP contribution is 2.19. The monoisotopic (exact) mass is 445 g/mol. The Hall–Kier alpha value is -3.61. The molecule has 0 atom stereocenters. The molecular formula is C26H31N5O2. The average molecular weight is 446 g/mol. The van der Waals surface area contributed by atoms with Crippen molar-refractivity contribution in [3.05, 3.63) is 77.2 Å². The molecule has 0 aliphatic carbocycles. The van der Waals surface area contributed by atoms with Crippen molar-refractivity contribution >= 4 is 11.9 Å². The fourth-order valence-electron chi connectivity index (χ4n) is 3.84. The molecule has 3 aromatic rings. The lowest BCUT2D eigenvalue weighted by atomic mass is 10.1. The largest absolute Gasteiger partial charge is 0.444 e. The maximum absolute atomic E-state index is 12.6. The minimum absolute atomic E-state index is 0.129. The number of aromatic nitrogens is 1. The lowest BCUT2D eigenvalue weighted by molar-refractivity contribution is 0.0724. The van der Waals surface area contributed by atoms with Crippen molar-refractivity contribution in [2.45, 2.75) is 39.3 Å². The summed E-state index contributed by atoms with van der Waals surface area (Å²) >= 11 is 0. The predicted molar refractivity (Wildman–Crippen MR) is 130 cm³/mol. The van der Waals surface area contributed by atoms with Gasteiger partial charge in [-0.25, -0.2) is 4.98 Å². The van der Waals surface area contributed by atoms with Gasteiger partial charge in [0.25, 0.3) is 5.91 Å². The van der Waals surface area contributed by atoms with Crippen LogP contribution in [0.3, 0.4) is 0 Å². The third kappa shape index (κ3) is 6.00. The quantitative estimate of drug-likeness (QED) is 0.440. The summed E-state index contributed by atoms with van der Waals surface area (Å²) in [7, 11) is 1.73. The van der Waals surface area contributed by atoms with Gasteiger partial charge in [0.15, 0.2) is 5.96 Å². The van der Waals surface area contributed by atoms with E-state index in [4.69, 9.17) is 4.42 Å². The summed E-state index contributed by atoms with van der Waals surface area (Å²) in [5.74, 6) is 1.40. The van der Waals surface area contributed by atoms with Gasteiger partial charge in [-0.15, -0.1) is 0 Å². The Balaban J connectivity index is 1.26. The zero-order valence-electron chi connectivity index (χ0n) is 19.3. The first-order chi connectivity index (χ1) is 16.1. The number of aryl methyl sites for hydroxylation is 1. The number of guanidine groups is 1. The van der Waals surface area contributed by atoms with E-state index < -0.39 is 0 Å². The van der Waals surface area contributed by atoms with Crippen molar-refractivity contribution in [2.75, 3.05) is 20.1 Å². The van der Waals surface area contributed by atoms with Gasteiger partial charge in [-0.3, -0.25) is 9.79 Å². The zero-order valence-corrected chi connectivity index (χ0v) is 19.3. The topological polar surface area (TPSA) is 82.8 Å². The van der Waals surface area contributed by atoms with E-state index in [-0.39, 0.29) is 5.91 Å². The summed E-state index contributed by atoms with van der Waals surface area (Å²) in [6, 6.07) is 15.9. The first kappa shape index (κ1) is 22.6. The number of rotatable bonds is 6. The summed E-state index contributed by atoms with van der Waals surface area (Å²) in [4.78, 5) is 23.4. The van der Waals surface area contributed by atoms with Crippen LogP contribution >= 0.6 is 0 Å². The summed E-state index contributed by atoms with van der Waals surface area (Å²) < 4.78 is 5.62. The average Bonchev–Trinajstić information content (AvgIpc) is 3.34. The molecule has 172 valence electrons. The Bertz CT molecular complexity index is 1080. The van der Waals surface area contributed by atoms with E-state index in [1.54, 1.807) is 13.3 Å². The van der Waals surface area contributed by atoms with Crippen LogP contribution in [0, 0.1) is 6.92 Å². The molecule has 2 aromatic carbocycles. The molecule has 7 nitrogen and oxygen atoms in total. The molecule has 0 spiro atoms. The molecule has 0 bridgehead atoms. The van der Waals surface area contributed by atoms with Gasteiger partial charge in [-0.2, -0.15) is 0 Å². The van der Waals surface area contributed by atoms with Gasteiger partial charge >= 0.3 is 0 Å². The number of nitrogens with zero attached hydrogens (tertiary/aromatic N) is 3. The Morgan fingerprint density at radius 1 is 1.00 bits per heavy atom. The van der Waals surface area contributed by atoms with Crippen molar-refractivity contribution < 1.29 is 9.21 Å². The number of hydrogen-bond acceptors (Lipinski definition) is 4. The van der Waals surface area contributed by atoms with Crippen LogP contribution in [-0.2, 0) is 13.1 Å². The number of amides is 1. The second-order valence-corrected chi connectivity index (χ2v) is 8.34. The second-order valence-electron chi connectivity index (χ2n) is 8.34. The van der Waals surface area contributed by atoms with E-state index in [1.165, 1.54) is 12.0 Å². The van der Waals surface area contributed by atoms with Crippen LogP contribution in [0.15, 0.2) is 64.2 Å². The first-order valence-corrected chi connectivity index (χ1v) is 11.5. The predicted octanol–water partition coefficient (Wildman–Crippen LogP) is 4.14. The Labute approximate surface area is 194 Å². The Kier molecular flexibility index (Phi) is 7.40. The molecule has 1 aliphatic rings. The number of benzene rings is 2. The zero-order chi connectivity index (χ0) is 23.0. The molecule has 1 saturated heterocycles. The van der Waals surface area contributed by atoms with Crippen LogP contribution < -0.4 is 10.6 Å². The molecular weight excluding hydrogens is 414 g/mol. The van der Waals surface area contributed by atoms with Crippen molar-refractivity contribution in [1.82, 2.24) is 20.5 Å². The maximum Gasteiger partial charge on any atom is 0.253 e. The lowest BCUT2D eigenvalue weighted by Crippen LogP contribution is -2.36. The van der Waals surface area contributed by atoms with E-state index in [9.17, 15) is 4.79 Å². The molecule has 2 N–H and O–H groups in total. The smallest absolute Gasteiger partial charge is 0.253 e. The van der Waals surface area contributed by atoms with Crippen molar-refractivity contribution in [3.8, 4) is 11.5 Å². The number of aliphatic imine (C=N–C) groups is 1. The van der Waals surface area contributed by atoms with Crippen molar-refractivity contribution in [2.24, 2.45) is 4.99 Å². The molecule has 1 aromatic heterocycles. The summed E-state index contributed by atoms with van der Waals surface area (Å²) in [6.07, 6.45) is 5.07.